The molecular weight excluding hydrogens is 212 g/mol. The first-order chi connectivity index (χ1) is 8.36. The average molecular weight is 238 g/mol. The SMILES string of the molecule is O=C(OC1CCCCCCC1)C1CCCCC1. The van der Waals surface area contributed by atoms with E-state index in [0.29, 0.717) is 0 Å². The van der Waals surface area contributed by atoms with Gasteiger partial charge in [-0.15, -0.1) is 0 Å². The van der Waals surface area contributed by atoms with Crippen LogP contribution in [0.1, 0.15) is 77.0 Å². The van der Waals surface area contributed by atoms with Crippen LogP contribution in [0.25, 0.3) is 0 Å². The number of rotatable bonds is 2. The lowest BCUT2D eigenvalue weighted by atomic mass is 9.89. The maximum Gasteiger partial charge on any atom is 0.309 e. The molecule has 0 radical (unpaired) electrons. The molecule has 2 fully saturated rings. The second kappa shape index (κ2) is 7.03. The molecule has 0 aliphatic heterocycles. The van der Waals surface area contributed by atoms with Gasteiger partial charge in [-0.25, -0.2) is 0 Å². The average Bonchev–Trinajstić information content (AvgIpc) is 2.33. The largest absolute Gasteiger partial charge is 0.462 e. The third kappa shape index (κ3) is 4.33. The number of carbonyl (C=O) groups is 1. The maximum atomic E-state index is 12.0. The monoisotopic (exact) mass is 238 g/mol. The van der Waals surface area contributed by atoms with Crippen molar-refractivity contribution in [2.75, 3.05) is 0 Å². The quantitative estimate of drug-likeness (QED) is 0.673. The van der Waals surface area contributed by atoms with Crippen molar-refractivity contribution in [3.63, 3.8) is 0 Å². The minimum absolute atomic E-state index is 0.107. The van der Waals surface area contributed by atoms with E-state index in [9.17, 15) is 4.79 Å². The van der Waals surface area contributed by atoms with E-state index < -0.39 is 0 Å². The Bertz CT molecular complexity index is 223. The fourth-order valence-electron chi connectivity index (χ4n) is 3.14. The van der Waals surface area contributed by atoms with Crippen LogP contribution in [0, 0.1) is 5.92 Å². The van der Waals surface area contributed by atoms with Gasteiger partial charge in [-0.3, -0.25) is 4.79 Å². The van der Waals surface area contributed by atoms with Crippen molar-refractivity contribution in [1.82, 2.24) is 0 Å². The topological polar surface area (TPSA) is 26.3 Å². The first-order valence-electron chi connectivity index (χ1n) is 7.57. The number of ether oxygens (including phenoxy) is 1. The summed E-state index contributed by atoms with van der Waals surface area (Å²) >= 11 is 0. The van der Waals surface area contributed by atoms with Gasteiger partial charge in [-0.05, 0) is 38.5 Å². The van der Waals surface area contributed by atoms with Crippen molar-refractivity contribution in [2.24, 2.45) is 5.92 Å². The molecule has 0 aromatic carbocycles. The van der Waals surface area contributed by atoms with E-state index in [2.05, 4.69) is 0 Å². The highest BCUT2D eigenvalue weighted by Crippen LogP contribution is 2.27. The summed E-state index contributed by atoms with van der Waals surface area (Å²) in [5.74, 6) is 0.324. The molecule has 2 rings (SSSR count). The van der Waals surface area contributed by atoms with Crippen molar-refractivity contribution in [2.45, 2.75) is 83.2 Å². The smallest absolute Gasteiger partial charge is 0.309 e. The highest BCUT2D eigenvalue weighted by atomic mass is 16.5. The molecule has 0 atom stereocenters. The standard InChI is InChI=1S/C15H26O2/c16-15(13-9-5-4-6-10-13)17-14-11-7-2-1-3-8-12-14/h13-14H,1-12H2. The lowest BCUT2D eigenvalue weighted by molar-refractivity contribution is -0.156. The van der Waals surface area contributed by atoms with Crippen LogP contribution < -0.4 is 0 Å². The Kier molecular flexibility index (Phi) is 5.34. The molecule has 0 N–H and O–H groups in total. The Morgan fingerprint density at radius 3 is 1.82 bits per heavy atom. The maximum absolute atomic E-state index is 12.0. The predicted molar refractivity (Wildman–Crippen MR) is 68.8 cm³/mol. The molecule has 0 unspecified atom stereocenters. The van der Waals surface area contributed by atoms with Crippen LogP contribution in [0.3, 0.4) is 0 Å². The number of carbonyl (C=O) groups excluding carboxylic acids is 1. The Morgan fingerprint density at radius 1 is 0.706 bits per heavy atom. The second-order valence-corrected chi connectivity index (χ2v) is 5.74. The Morgan fingerprint density at radius 2 is 1.18 bits per heavy atom. The first kappa shape index (κ1) is 12.9. The molecule has 98 valence electrons. The normalized spacial score (nSPS) is 24.9. The molecule has 2 saturated carbocycles. The highest BCUT2D eigenvalue weighted by Gasteiger charge is 2.25. The summed E-state index contributed by atoms with van der Waals surface area (Å²) in [6, 6.07) is 0. The molecule has 2 nitrogen and oxygen atoms in total. The molecule has 2 aliphatic rings. The van der Waals surface area contributed by atoms with Crippen LogP contribution in [0.5, 0.6) is 0 Å². The van der Waals surface area contributed by atoms with Crippen molar-refractivity contribution in [3.8, 4) is 0 Å². The molecule has 0 saturated heterocycles. The van der Waals surface area contributed by atoms with Gasteiger partial charge in [0.2, 0.25) is 0 Å². The van der Waals surface area contributed by atoms with Gasteiger partial charge in [0.1, 0.15) is 6.10 Å². The molecule has 0 aromatic heterocycles. The van der Waals surface area contributed by atoms with E-state index in [1.807, 2.05) is 0 Å². The van der Waals surface area contributed by atoms with Crippen LogP contribution in [-0.4, -0.2) is 12.1 Å². The van der Waals surface area contributed by atoms with Gasteiger partial charge in [0.15, 0.2) is 0 Å². The van der Waals surface area contributed by atoms with Crippen molar-refractivity contribution in [1.29, 1.82) is 0 Å². The van der Waals surface area contributed by atoms with Gasteiger partial charge >= 0.3 is 5.97 Å². The van der Waals surface area contributed by atoms with Gasteiger partial charge < -0.3 is 4.74 Å². The van der Waals surface area contributed by atoms with E-state index in [4.69, 9.17) is 4.74 Å². The summed E-state index contributed by atoms with van der Waals surface area (Å²) in [5, 5.41) is 0. The number of esters is 1. The third-order valence-electron chi connectivity index (χ3n) is 4.27. The van der Waals surface area contributed by atoms with Crippen LogP contribution in [0.15, 0.2) is 0 Å². The lowest BCUT2D eigenvalue weighted by Crippen LogP contribution is -2.26. The third-order valence-corrected chi connectivity index (χ3v) is 4.27. The Balaban J connectivity index is 1.75. The predicted octanol–water partition coefficient (Wildman–Crippen LogP) is 4.22. The summed E-state index contributed by atoms with van der Waals surface area (Å²) in [4.78, 5) is 12.0. The molecule has 0 spiro atoms. The molecule has 17 heavy (non-hydrogen) atoms. The van der Waals surface area contributed by atoms with E-state index in [1.165, 1.54) is 51.4 Å². The van der Waals surface area contributed by atoms with Crippen molar-refractivity contribution >= 4 is 5.97 Å². The van der Waals surface area contributed by atoms with E-state index >= 15 is 0 Å². The Hall–Kier alpha value is -0.530. The molecule has 2 aliphatic carbocycles. The van der Waals surface area contributed by atoms with E-state index in [1.54, 1.807) is 0 Å². The highest BCUT2D eigenvalue weighted by molar-refractivity contribution is 5.72. The first-order valence-corrected chi connectivity index (χ1v) is 7.57. The van der Waals surface area contributed by atoms with Crippen molar-refractivity contribution < 1.29 is 9.53 Å². The molecule has 0 aromatic rings. The van der Waals surface area contributed by atoms with Gasteiger partial charge in [-0.1, -0.05) is 38.5 Å². The molecule has 0 bridgehead atoms. The fourth-order valence-corrected chi connectivity index (χ4v) is 3.14. The van der Waals surface area contributed by atoms with Crippen LogP contribution in [-0.2, 0) is 9.53 Å². The molecular formula is C15H26O2. The fraction of sp³-hybridized carbons (Fsp3) is 0.933. The van der Waals surface area contributed by atoms with Crippen molar-refractivity contribution in [3.05, 3.63) is 0 Å². The van der Waals surface area contributed by atoms with Crippen LogP contribution >= 0.6 is 0 Å². The van der Waals surface area contributed by atoms with Crippen LogP contribution in [0.4, 0.5) is 0 Å². The van der Waals surface area contributed by atoms with E-state index in [-0.39, 0.29) is 18.0 Å². The van der Waals surface area contributed by atoms with E-state index in [0.717, 1.165) is 25.7 Å². The van der Waals surface area contributed by atoms with Crippen LogP contribution in [0.2, 0.25) is 0 Å². The second-order valence-electron chi connectivity index (χ2n) is 5.74. The summed E-state index contributed by atoms with van der Waals surface area (Å²) in [7, 11) is 0. The summed E-state index contributed by atoms with van der Waals surface area (Å²) in [6.45, 7) is 0. The summed E-state index contributed by atoms with van der Waals surface area (Å²) < 4.78 is 5.73. The minimum atomic E-state index is 0.107. The summed E-state index contributed by atoms with van der Waals surface area (Å²) in [6.07, 6.45) is 14.7. The Labute approximate surface area is 105 Å². The lowest BCUT2D eigenvalue weighted by Gasteiger charge is -2.25. The summed E-state index contributed by atoms with van der Waals surface area (Å²) in [5.41, 5.74) is 0. The molecule has 0 heterocycles. The van der Waals surface area contributed by atoms with Gasteiger partial charge in [-0.2, -0.15) is 0 Å². The number of hydrogen-bond acceptors (Lipinski definition) is 2. The van der Waals surface area contributed by atoms with Gasteiger partial charge in [0.05, 0.1) is 5.92 Å². The van der Waals surface area contributed by atoms with Gasteiger partial charge in [0, 0.05) is 0 Å². The molecule has 0 amide bonds. The zero-order valence-electron chi connectivity index (χ0n) is 11.0. The zero-order valence-corrected chi connectivity index (χ0v) is 11.0. The molecule has 2 heteroatoms. The zero-order chi connectivity index (χ0) is 11.9. The van der Waals surface area contributed by atoms with Gasteiger partial charge in [0.25, 0.3) is 0 Å². The minimum Gasteiger partial charge on any atom is -0.462 e. The number of hydrogen-bond donors (Lipinski definition) is 0.